The molecule has 36 heavy (non-hydrogen) atoms. The van der Waals surface area contributed by atoms with E-state index < -0.39 is 0 Å². The fourth-order valence-electron chi connectivity index (χ4n) is 4.87. The molecule has 208 valence electrons. The molecule has 3 nitrogen and oxygen atoms in total. The molecule has 0 bridgehead atoms. The van der Waals surface area contributed by atoms with Gasteiger partial charge in [0, 0.05) is 5.56 Å². The van der Waals surface area contributed by atoms with E-state index in [-0.39, 0.29) is 17.1 Å². The molecule has 0 atom stereocenters. The standard InChI is InChI=1S/C33H58O3/c1-5-6-7-8-9-10-11-12-13-14-15-16-17-18-19-20-21-22-23-24-27-36-32(35)29-25-26-31(34)30(28-29)33(2,3)4/h25-26,28,34H,5-24,27H2,1-4H3. The Kier molecular flexibility index (Phi) is 18.6. The largest absolute Gasteiger partial charge is 0.508 e. The molecule has 0 aliphatic rings. The zero-order valence-corrected chi connectivity index (χ0v) is 24.3. The van der Waals surface area contributed by atoms with Crippen LogP contribution < -0.4 is 0 Å². The molecule has 0 unspecified atom stereocenters. The highest BCUT2D eigenvalue weighted by atomic mass is 16.5. The van der Waals surface area contributed by atoms with Crippen molar-refractivity contribution in [2.24, 2.45) is 0 Å². The molecule has 1 aromatic carbocycles. The number of esters is 1. The Bertz CT molecular complexity index is 674. The second-order valence-electron chi connectivity index (χ2n) is 11.8. The van der Waals surface area contributed by atoms with Gasteiger partial charge >= 0.3 is 5.97 Å². The molecule has 0 spiro atoms. The van der Waals surface area contributed by atoms with Crippen molar-refractivity contribution >= 4 is 5.97 Å². The summed E-state index contributed by atoms with van der Waals surface area (Å²) < 4.78 is 5.45. The molecule has 0 amide bonds. The molecule has 0 fully saturated rings. The van der Waals surface area contributed by atoms with Crippen molar-refractivity contribution in [3.8, 4) is 5.75 Å². The zero-order chi connectivity index (χ0) is 26.5. The zero-order valence-electron chi connectivity index (χ0n) is 24.3. The normalized spacial score (nSPS) is 11.7. The Hall–Kier alpha value is -1.51. The van der Waals surface area contributed by atoms with Gasteiger partial charge in [0.15, 0.2) is 0 Å². The summed E-state index contributed by atoms with van der Waals surface area (Å²) in [6.45, 7) is 8.84. The second-order valence-corrected chi connectivity index (χ2v) is 11.8. The van der Waals surface area contributed by atoms with Gasteiger partial charge in [-0.1, -0.05) is 150 Å². The summed E-state index contributed by atoms with van der Waals surface area (Å²) in [5, 5.41) is 10.1. The van der Waals surface area contributed by atoms with E-state index in [1.807, 2.05) is 20.8 Å². The van der Waals surface area contributed by atoms with Gasteiger partial charge in [-0.2, -0.15) is 0 Å². The predicted molar refractivity (Wildman–Crippen MR) is 155 cm³/mol. The Morgan fingerprint density at radius 3 is 1.44 bits per heavy atom. The molecule has 0 aliphatic carbocycles. The van der Waals surface area contributed by atoms with E-state index in [9.17, 15) is 9.90 Å². The van der Waals surface area contributed by atoms with Crippen LogP contribution in [0.4, 0.5) is 0 Å². The van der Waals surface area contributed by atoms with Crippen LogP contribution in [0.25, 0.3) is 0 Å². The number of hydrogen-bond acceptors (Lipinski definition) is 3. The van der Waals surface area contributed by atoms with E-state index in [0.29, 0.717) is 12.2 Å². The van der Waals surface area contributed by atoms with Gasteiger partial charge in [-0.3, -0.25) is 0 Å². The lowest BCUT2D eigenvalue weighted by Crippen LogP contribution is -2.14. The van der Waals surface area contributed by atoms with E-state index in [1.54, 1.807) is 18.2 Å². The van der Waals surface area contributed by atoms with Crippen molar-refractivity contribution in [2.75, 3.05) is 6.61 Å². The molecular weight excluding hydrogens is 444 g/mol. The molecule has 0 saturated heterocycles. The number of hydrogen-bond donors (Lipinski definition) is 1. The number of carbonyl (C=O) groups excluding carboxylic acids is 1. The summed E-state index contributed by atoms with van der Waals surface area (Å²) in [5.74, 6) is -0.0635. The fourth-order valence-corrected chi connectivity index (χ4v) is 4.87. The number of phenols is 1. The average Bonchev–Trinajstić information content (AvgIpc) is 2.84. The van der Waals surface area contributed by atoms with Crippen molar-refractivity contribution in [2.45, 2.75) is 162 Å². The Balaban J connectivity index is 1.88. The van der Waals surface area contributed by atoms with Gasteiger partial charge < -0.3 is 9.84 Å². The maximum absolute atomic E-state index is 12.3. The first-order valence-electron chi connectivity index (χ1n) is 15.4. The van der Waals surface area contributed by atoms with E-state index in [4.69, 9.17) is 4.74 Å². The van der Waals surface area contributed by atoms with Gasteiger partial charge in [0.05, 0.1) is 12.2 Å². The summed E-state index contributed by atoms with van der Waals surface area (Å²) in [6.07, 6.45) is 27.2. The third-order valence-electron chi connectivity index (χ3n) is 7.27. The summed E-state index contributed by atoms with van der Waals surface area (Å²) in [7, 11) is 0. The summed E-state index contributed by atoms with van der Waals surface area (Å²) in [4.78, 5) is 12.3. The number of unbranched alkanes of at least 4 members (excludes halogenated alkanes) is 19. The molecule has 3 heteroatoms. The van der Waals surface area contributed by atoms with Gasteiger partial charge in [0.1, 0.15) is 5.75 Å². The van der Waals surface area contributed by atoms with Crippen LogP contribution in [0, 0.1) is 0 Å². The van der Waals surface area contributed by atoms with Crippen LogP contribution in [0.3, 0.4) is 0 Å². The van der Waals surface area contributed by atoms with Crippen LogP contribution >= 0.6 is 0 Å². The van der Waals surface area contributed by atoms with E-state index in [1.165, 1.54) is 116 Å². The van der Waals surface area contributed by atoms with E-state index in [2.05, 4.69) is 6.92 Å². The molecule has 0 heterocycles. The topological polar surface area (TPSA) is 46.5 Å². The molecule has 1 aromatic rings. The molecule has 0 saturated carbocycles. The van der Waals surface area contributed by atoms with Crippen molar-refractivity contribution in [3.63, 3.8) is 0 Å². The van der Waals surface area contributed by atoms with E-state index >= 15 is 0 Å². The summed E-state index contributed by atoms with van der Waals surface area (Å²) >= 11 is 0. The number of benzene rings is 1. The maximum Gasteiger partial charge on any atom is 0.338 e. The maximum atomic E-state index is 12.3. The highest BCUT2D eigenvalue weighted by Crippen LogP contribution is 2.31. The average molecular weight is 503 g/mol. The quantitative estimate of drug-likeness (QED) is 0.127. The lowest BCUT2D eigenvalue weighted by molar-refractivity contribution is 0.0497. The highest BCUT2D eigenvalue weighted by molar-refractivity contribution is 5.90. The van der Waals surface area contributed by atoms with E-state index in [0.717, 1.165) is 18.4 Å². The predicted octanol–water partition coefficient (Wildman–Crippen LogP) is 10.7. The van der Waals surface area contributed by atoms with Crippen LogP contribution in [0.2, 0.25) is 0 Å². The highest BCUT2D eigenvalue weighted by Gasteiger charge is 2.20. The lowest BCUT2D eigenvalue weighted by Gasteiger charge is -2.21. The number of aromatic hydroxyl groups is 1. The number of ether oxygens (including phenoxy) is 1. The first-order valence-corrected chi connectivity index (χ1v) is 15.4. The van der Waals surface area contributed by atoms with Gasteiger partial charge in [0.2, 0.25) is 0 Å². The third kappa shape index (κ3) is 16.3. The summed E-state index contributed by atoms with van der Waals surface area (Å²) in [6, 6.07) is 4.99. The third-order valence-corrected chi connectivity index (χ3v) is 7.27. The molecule has 0 aromatic heterocycles. The minimum atomic E-state index is -0.293. The molecule has 1 rings (SSSR count). The first kappa shape index (κ1) is 32.5. The van der Waals surface area contributed by atoms with Crippen LogP contribution in [0.15, 0.2) is 18.2 Å². The van der Waals surface area contributed by atoms with Crippen LogP contribution in [-0.2, 0) is 10.2 Å². The Morgan fingerprint density at radius 2 is 1.06 bits per heavy atom. The number of phenolic OH excluding ortho intramolecular Hbond substituents is 1. The smallest absolute Gasteiger partial charge is 0.338 e. The number of carbonyl (C=O) groups is 1. The summed E-state index contributed by atoms with van der Waals surface area (Å²) in [5.41, 5.74) is 1.08. The van der Waals surface area contributed by atoms with Crippen molar-refractivity contribution in [3.05, 3.63) is 29.3 Å². The second kappa shape index (κ2) is 20.5. The molecule has 0 aliphatic heterocycles. The van der Waals surface area contributed by atoms with Gasteiger partial charge in [-0.05, 0) is 30.0 Å². The molecular formula is C33H58O3. The number of rotatable bonds is 22. The van der Waals surface area contributed by atoms with Crippen molar-refractivity contribution in [1.29, 1.82) is 0 Å². The molecule has 1 N–H and O–H groups in total. The van der Waals surface area contributed by atoms with Gasteiger partial charge in [-0.15, -0.1) is 0 Å². The molecule has 0 radical (unpaired) electrons. The van der Waals surface area contributed by atoms with Crippen LogP contribution in [-0.4, -0.2) is 17.7 Å². The minimum absolute atomic E-state index is 0.215. The van der Waals surface area contributed by atoms with Crippen molar-refractivity contribution < 1.29 is 14.6 Å². The van der Waals surface area contributed by atoms with Gasteiger partial charge in [0.25, 0.3) is 0 Å². The van der Waals surface area contributed by atoms with Gasteiger partial charge in [-0.25, -0.2) is 4.79 Å². The SMILES string of the molecule is CCCCCCCCCCCCCCCCCCCCCCOC(=O)c1ccc(O)c(C(C)(C)C)c1. The Morgan fingerprint density at radius 1 is 0.667 bits per heavy atom. The Labute approximate surface area is 223 Å². The fraction of sp³-hybridized carbons (Fsp3) is 0.788. The van der Waals surface area contributed by atoms with Crippen molar-refractivity contribution in [1.82, 2.24) is 0 Å². The first-order chi connectivity index (χ1) is 17.4. The minimum Gasteiger partial charge on any atom is -0.508 e. The van der Waals surface area contributed by atoms with Crippen LogP contribution in [0.1, 0.15) is 172 Å². The van der Waals surface area contributed by atoms with Crippen LogP contribution in [0.5, 0.6) is 5.75 Å². The monoisotopic (exact) mass is 502 g/mol. The lowest BCUT2D eigenvalue weighted by atomic mass is 9.85.